The highest BCUT2D eigenvalue weighted by Crippen LogP contribution is 2.32. The highest BCUT2D eigenvalue weighted by molar-refractivity contribution is 5.86. The van der Waals surface area contributed by atoms with Gasteiger partial charge < -0.3 is 19.3 Å². The molecule has 0 atom stereocenters. The van der Waals surface area contributed by atoms with Gasteiger partial charge in [0.25, 0.3) is 0 Å². The third kappa shape index (κ3) is 2.70. The smallest absolute Gasteiger partial charge is 0.231 e. The number of para-hydroxylation sites is 1. The Morgan fingerprint density at radius 3 is 2.96 bits per heavy atom. The topological polar surface area (TPSA) is 73.6 Å². The normalized spacial score (nSPS) is 12.5. The van der Waals surface area contributed by atoms with Crippen LogP contribution in [0, 0.1) is 0 Å². The third-order valence-electron chi connectivity index (χ3n) is 3.71. The second-order valence-corrected chi connectivity index (χ2v) is 5.27. The largest absolute Gasteiger partial charge is 0.454 e. The van der Waals surface area contributed by atoms with Crippen LogP contribution in [0.15, 0.2) is 47.0 Å². The lowest BCUT2D eigenvalue weighted by atomic mass is 10.1. The molecule has 0 saturated carbocycles. The first kappa shape index (κ1) is 13.6. The van der Waals surface area contributed by atoms with E-state index < -0.39 is 0 Å². The van der Waals surface area contributed by atoms with Crippen LogP contribution in [0.5, 0.6) is 11.5 Å². The molecule has 6 heteroatoms. The Morgan fingerprint density at radius 2 is 2.00 bits per heavy atom. The molecule has 23 heavy (non-hydrogen) atoms. The van der Waals surface area contributed by atoms with Gasteiger partial charge >= 0.3 is 0 Å². The average molecular weight is 310 g/mol. The van der Waals surface area contributed by atoms with Crippen molar-refractivity contribution in [1.29, 1.82) is 0 Å². The molecule has 6 nitrogen and oxygen atoms in total. The summed E-state index contributed by atoms with van der Waals surface area (Å²) in [5.41, 5.74) is 2.28. The van der Waals surface area contributed by atoms with E-state index in [2.05, 4.69) is 10.5 Å². The summed E-state index contributed by atoms with van der Waals surface area (Å²) in [6.07, 6.45) is 0.182. The van der Waals surface area contributed by atoms with Crippen molar-refractivity contribution in [3.63, 3.8) is 0 Å². The molecule has 1 amide bonds. The molecule has 0 bridgehead atoms. The number of nitrogens with one attached hydrogen (secondary N) is 1. The molecule has 0 spiro atoms. The molecule has 1 aromatic heterocycles. The Kier molecular flexibility index (Phi) is 3.34. The molecular formula is C17H14N2O4. The molecule has 0 radical (unpaired) electrons. The van der Waals surface area contributed by atoms with Crippen LogP contribution in [-0.2, 0) is 17.8 Å². The number of carbonyl (C=O) groups excluding carboxylic acids is 1. The van der Waals surface area contributed by atoms with E-state index >= 15 is 0 Å². The molecule has 1 N–H and O–H groups in total. The van der Waals surface area contributed by atoms with Gasteiger partial charge in [0, 0.05) is 11.9 Å². The summed E-state index contributed by atoms with van der Waals surface area (Å²) < 4.78 is 15.8. The van der Waals surface area contributed by atoms with Crippen LogP contribution in [0.4, 0.5) is 0 Å². The summed E-state index contributed by atoms with van der Waals surface area (Å²) in [4.78, 5) is 12.1. The van der Waals surface area contributed by atoms with E-state index in [1.54, 1.807) is 0 Å². The van der Waals surface area contributed by atoms with Gasteiger partial charge in [0.05, 0.1) is 6.42 Å². The SMILES string of the molecule is O=C(Cc1noc2ccccc12)NCc1ccc2c(c1)OCO2. The minimum Gasteiger partial charge on any atom is -0.454 e. The number of fused-ring (bicyclic) bond motifs is 2. The number of benzene rings is 2. The summed E-state index contributed by atoms with van der Waals surface area (Å²) in [6, 6.07) is 13.1. The molecule has 2 heterocycles. The molecule has 0 unspecified atom stereocenters. The number of aromatic nitrogens is 1. The van der Waals surface area contributed by atoms with E-state index in [1.165, 1.54) is 0 Å². The number of nitrogens with zero attached hydrogens (tertiary/aromatic N) is 1. The molecule has 1 aliphatic heterocycles. The third-order valence-corrected chi connectivity index (χ3v) is 3.71. The summed E-state index contributed by atoms with van der Waals surface area (Å²) in [5, 5.41) is 7.71. The van der Waals surface area contributed by atoms with E-state index in [9.17, 15) is 4.79 Å². The summed E-state index contributed by atoms with van der Waals surface area (Å²) in [5.74, 6) is 1.33. The molecule has 0 saturated heterocycles. The maximum absolute atomic E-state index is 12.1. The zero-order valence-electron chi connectivity index (χ0n) is 12.2. The van der Waals surface area contributed by atoms with Gasteiger partial charge in [-0.1, -0.05) is 23.4 Å². The zero-order valence-corrected chi connectivity index (χ0v) is 12.2. The predicted molar refractivity (Wildman–Crippen MR) is 82.1 cm³/mol. The van der Waals surface area contributed by atoms with E-state index in [0.717, 1.165) is 16.7 Å². The van der Waals surface area contributed by atoms with Crippen LogP contribution >= 0.6 is 0 Å². The summed E-state index contributed by atoms with van der Waals surface area (Å²) in [6.45, 7) is 0.662. The van der Waals surface area contributed by atoms with Crippen molar-refractivity contribution in [3.8, 4) is 11.5 Å². The quantitative estimate of drug-likeness (QED) is 0.801. The predicted octanol–water partition coefficient (Wildman–Crippen LogP) is 2.42. The van der Waals surface area contributed by atoms with Gasteiger partial charge in [0.2, 0.25) is 12.7 Å². The highest BCUT2D eigenvalue weighted by Gasteiger charge is 2.14. The average Bonchev–Trinajstić information content (AvgIpc) is 3.20. The van der Waals surface area contributed by atoms with Crippen molar-refractivity contribution in [2.45, 2.75) is 13.0 Å². The Labute approximate surface area is 132 Å². The number of ether oxygens (including phenoxy) is 2. The monoisotopic (exact) mass is 310 g/mol. The van der Waals surface area contributed by atoms with Crippen LogP contribution in [0.2, 0.25) is 0 Å². The van der Waals surface area contributed by atoms with Crippen molar-refractivity contribution in [2.75, 3.05) is 6.79 Å². The maximum Gasteiger partial charge on any atom is 0.231 e. The Morgan fingerprint density at radius 1 is 1.13 bits per heavy atom. The minimum atomic E-state index is -0.110. The van der Waals surface area contributed by atoms with Crippen molar-refractivity contribution < 1.29 is 18.8 Å². The molecule has 2 aromatic carbocycles. The number of hydrogen-bond donors (Lipinski definition) is 1. The Balaban J connectivity index is 1.40. The first-order valence-corrected chi connectivity index (χ1v) is 7.28. The first-order valence-electron chi connectivity index (χ1n) is 7.28. The van der Waals surface area contributed by atoms with Crippen LogP contribution < -0.4 is 14.8 Å². The van der Waals surface area contributed by atoms with Crippen molar-refractivity contribution in [1.82, 2.24) is 10.5 Å². The second kappa shape index (κ2) is 5.64. The van der Waals surface area contributed by atoms with E-state index in [4.69, 9.17) is 14.0 Å². The van der Waals surface area contributed by atoms with Crippen molar-refractivity contribution in [2.24, 2.45) is 0 Å². The van der Waals surface area contributed by atoms with Gasteiger partial charge in [-0.25, -0.2) is 0 Å². The minimum absolute atomic E-state index is 0.110. The van der Waals surface area contributed by atoms with Crippen molar-refractivity contribution >= 4 is 16.9 Å². The lowest BCUT2D eigenvalue weighted by Gasteiger charge is -2.05. The Hall–Kier alpha value is -3.02. The molecule has 0 aliphatic carbocycles. The van der Waals surface area contributed by atoms with E-state index in [0.29, 0.717) is 23.6 Å². The van der Waals surface area contributed by atoms with Gasteiger partial charge in [-0.2, -0.15) is 0 Å². The lowest BCUT2D eigenvalue weighted by molar-refractivity contribution is -0.120. The molecule has 4 rings (SSSR count). The van der Waals surface area contributed by atoms with Crippen molar-refractivity contribution in [3.05, 3.63) is 53.7 Å². The molecular weight excluding hydrogens is 296 g/mol. The fourth-order valence-electron chi connectivity index (χ4n) is 2.53. The molecule has 3 aromatic rings. The molecule has 1 aliphatic rings. The first-order chi connectivity index (χ1) is 11.3. The zero-order chi connectivity index (χ0) is 15.6. The number of carbonyl (C=O) groups is 1. The fraction of sp³-hybridized carbons (Fsp3) is 0.176. The lowest BCUT2D eigenvalue weighted by Crippen LogP contribution is -2.24. The van der Waals surface area contributed by atoms with E-state index in [-0.39, 0.29) is 19.1 Å². The molecule has 0 fully saturated rings. The molecule has 116 valence electrons. The highest BCUT2D eigenvalue weighted by atomic mass is 16.7. The summed E-state index contributed by atoms with van der Waals surface area (Å²) in [7, 11) is 0. The van der Waals surface area contributed by atoms with Gasteiger partial charge in [-0.3, -0.25) is 4.79 Å². The van der Waals surface area contributed by atoms with Crippen LogP contribution in [0.1, 0.15) is 11.3 Å². The van der Waals surface area contributed by atoms with Crippen LogP contribution in [-0.4, -0.2) is 17.9 Å². The Bertz CT molecular complexity index is 872. The summed E-state index contributed by atoms with van der Waals surface area (Å²) >= 11 is 0. The maximum atomic E-state index is 12.1. The fourth-order valence-corrected chi connectivity index (χ4v) is 2.53. The standard InChI is InChI=1S/C17H14N2O4/c20-17(8-13-12-3-1-2-4-14(12)23-19-13)18-9-11-5-6-15-16(7-11)22-10-21-15/h1-7H,8-10H2,(H,18,20). The van der Waals surface area contributed by atoms with E-state index in [1.807, 2.05) is 42.5 Å². The van der Waals surface area contributed by atoms with Crippen LogP contribution in [0.25, 0.3) is 11.0 Å². The van der Waals surface area contributed by atoms with Gasteiger partial charge in [-0.15, -0.1) is 0 Å². The van der Waals surface area contributed by atoms with Gasteiger partial charge in [0.1, 0.15) is 5.69 Å². The van der Waals surface area contributed by atoms with Gasteiger partial charge in [-0.05, 0) is 29.8 Å². The van der Waals surface area contributed by atoms with Gasteiger partial charge in [0.15, 0.2) is 17.1 Å². The number of amides is 1. The van der Waals surface area contributed by atoms with Crippen LogP contribution in [0.3, 0.4) is 0 Å². The second-order valence-electron chi connectivity index (χ2n) is 5.27. The number of hydrogen-bond acceptors (Lipinski definition) is 5. The number of rotatable bonds is 4.